The van der Waals surface area contributed by atoms with Crippen LogP contribution in [0.2, 0.25) is 0 Å². The van der Waals surface area contributed by atoms with Crippen LogP contribution in [0, 0.1) is 0 Å². The molecule has 5 heteroatoms. The summed E-state index contributed by atoms with van der Waals surface area (Å²) < 4.78 is 1.60. The maximum Gasteiger partial charge on any atom is 0.272 e. The number of alkyl halides is 1. The van der Waals surface area contributed by atoms with E-state index in [4.69, 9.17) is 11.6 Å². The first-order valence-corrected chi connectivity index (χ1v) is 5.36. The summed E-state index contributed by atoms with van der Waals surface area (Å²) in [5.74, 6) is 0.362. The lowest BCUT2D eigenvalue weighted by Gasteiger charge is -2.24. The van der Waals surface area contributed by atoms with E-state index in [2.05, 4.69) is 10.4 Å². The Balaban J connectivity index is 2.63. The molecule has 0 atom stereocenters. The van der Waals surface area contributed by atoms with E-state index < -0.39 is 0 Å². The van der Waals surface area contributed by atoms with Crippen molar-refractivity contribution in [2.75, 3.05) is 5.88 Å². The van der Waals surface area contributed by atoms with Gasteiger partial charge in [0.15, 0.2) is 0 Å². The summed E-state index contributed by atoms with van der Waals surface area (Å²) >= 11 is 5.65. The number of hydrogen-bond donors (Lipinski definition) is 1. The fourth-order valence-corrected chi connectivity index (χ4v) is 1.68. The summed E-state index contributed by atoms with van der Waals surface area (Å²) in [6, 6.07) is 1.69. The van der Waals surface area contributed by atoms with E-state index in [0.29, 0.717) is 11.6 Å². The van der Waals surface area contributed by atoms with Gasteiger partial charge in [-0.1, -0.05) is 0 Å². The van der Waals surface area contributed by atoms with Crippen molar-refractivity contribution >= 4 is 17.5 Å². The van der Waals surface area contributed by atoms with Crippen molar-refractivity contribution in [3.63, 3.8) is 0 Å². The highest BCUT2D eigenvalue weighted by molar-refractivity contribution is 6.17. The zero-order chi connectivity index (χ0) is 11.5. The number of hydrogen-bond acceptors (Lipinski definition) is 2. The first-order valence-electron chi connectivity index (χ1n) is 4.83. The van der Waals surface area contributed by atoms with E-state index in [1.165, 1.54) is 0 Å². The molecule has 0 radical (unpaired) electrons. The number of nitrogens with one attached hydrogen (secondary N) is 1. The molecule has 1 amide bonds. The van der Waals surface area contributed by atoms with Crippen LogP contribution in [0.1, 0.15) is 30.8 Å². The topological polar surface area (TPSA) is 46.9 Å². The molecule has 0 aromatic carbocycles. The van der Waals surface area contributed by atoms with E-state index in [-0.39, 0.29) is 11.4 Å². The van der Waals surface area contributed by atoms with Gasteiger partial charge in [-0.05, 0) is 26.3 Å². The molecule has 84 valence electrons. The highest BCUT2D eigenvalue weighted by Crippen LogP contribution is 2.10. The van der Waals surface area contributed by atoms with Crippen LogP contribution in [0.5, 0.6) is 0 Å². The molecule has 1 rings (SSSR count). The Morgan fingerprint density at radius 3 is 2.80 bits per heavy atom. The Kier molecular flexibility index (Phi) is 3.74. The molecule has 0 fully saturated rings. The molecule has 0 saturated heterocycles. The standard InChI is InChI=1S/C10H16ClN3O/c1-10(2,5-6-11)12-9(15)8-4-7-14(3)13-8/h4,7H,5-6H2,1-3H3,(H,12,15). The number of amides is 1. The lowest BCUT2D eigenvalue weighted by atomic mass is 10.0. The fraction of sp³-hybridized carbons (Fsp3) is 0.600. The van der Waals surface area contributed by atoms with Gasteiger partial charge < -0.3 is 5.32 Å². The first-order chi connectivity index (χ1) is 6.94. The maximum atomic E-state index is 11.7. The predicted octanol–water partition coefficient (Wildman–Crippen LogP) is 1.56. The van der Waals surface area contributed by atoms with Gasteiger partial charge in [0.05, 0.1) is 0 Å². The summed E-state index contributed by atoms with van der Waals surface area (Å²) in [6.07, 6.45) is 2.47. The second-order valence-corrected chi connectivity index (χ2v) is 4.53. The molecule has 4 nitrogen and oxygen atoms in total. The number of rotatable bonds is 4. The van der Waals surface area contributed by atoms with Gasteiger partial charge in [-0.3, -0.25) is 9.48 Å². The van der Waals surface area contributed by atoms with Crippen molar-refractivity contribution in [3.8, 4) is 0 Å². The first kappa shape index (κ1) is 12.0. The van der Waals surface area contributed by atoms with Crippen LogP contribution in [-0.4, -0.2) is 27.1 Å². The van der Waals surface area contributed by atoms with E-state index in [1.54, 1.807) is 24.0 Å². The highest BCUT2D eigenvalue weighted by atomic mass is 35.5. The number of aromatic nitrogens is 2. The molecule has 0 aliphatic carbocycles. The van der Waals surface area contributed by atoms with Crippen molar-refractivity contribution in [2.24, 2.45) is 7.05 Å². The van der Waals surface area contributed by atoms with E-state index in [9.17, 15) is 4.79 Å². The van der Waals surface area contributed by atoms with Gasteiger partial charge in [0.25, 0.3) is 5.91 Å². The average Bonchev–Trinajstić information content (AvgIpc) is 2.50. The van der Waals surface area contributed by atoms with Gasteiger partial charge in [-0.15, -0.1) is 11.6 Å². The average molecular weight is 230 g/mol. The molecule has 1 aromatic heterocycles. The SMILES string of the molecule is Cn1ccc(C(=O)NC(C)(C)CCCl)n1. The Hall–Kier alpha value is -1.03. The molecule has 0 aliphatic heterocycles. The second kappa shape index (κ2) is 4.66. The normalized spacial score (nSPS) is 11.5. The summed E-state index contributed by atoms with van der Waals surface area (Å²) in [5.41, 5.74) is 0.135. The number of aryl methyl sites for hydroxylation is 1. The minimum atomic E-state index is -0.295. The smallest absolute Gasteiger partial charge is 0.272 e. The molecule has 1 heterocycles. The molecule has 0 spiro atoms. The number of carbonyl (C=O) groups excluding carboxylic acids is 1. The van der Waals surface area contributed by atoms with Gasteiger partial charge in [-0.25, -0.2) is 0 Å². The highest BCUT2D eigenvalue weighted by Gasteiger charge is 2.21. The largest absolute Gasteiger partial charge is 0.346 e. The molecular weight excluding hydrogens is 214 g/mol. The summed E-state index contributed by atoms with van der Waals surface area (Å²) in [6.45, 7) is 3.88. The maximum absolute atomic E-state index is 11.7. The second-order valence-electron chi connectivity index (χ2n) is 4.15. The fourth-order valence-electron chi connectivity index (χ4n) is 1.21. The molecule has 0 bridgehead atoms. The van der Waals surface area contributed by atoms with Crippen molar-refractivity contribution in [2.45, 2.75) is 25.8 Å². The molecule has 0 aliphatic rings. The molecule has 15 heavy (non-hydrogen) atoms. The third-order valence-electron chi connectivity index (χ3n) is 2.12. The third-order valence-corrected chi connectivity index (χ3v) is 2.31. The van der Waals surface area contributed by atoms with Crippen LogP contribution in [0.15, 0.2) is 12.3 Å². The van der Waals surface area contributed by atoms with Crippen LogP contribution in [-0.2, 0) is 7.05 Å². The minimum Gasteiger partial charge on any atom is -0.346 e. The lowest BCUT2D eigenvalue weighted by Crippen LogP contribution is -2.43. The lowest BCUT2D eigenvalue weighted by molar-refractivity contribution is 0.0906. The minimum absolute atomic E-state index is 0.161. The van der Waals surface area contributed by atoms with Crippen LogP contribution >= 0.6 is 11.6 Å². The van der Waals surface area contributed by atoms with Gasteiger partial charge in [-0.2, -0.15) is 5.10 Å². The number of halogens is 1. The quantitative estimate of drug-likeness (QED) is 0.797. The van der Waals surface area contributed by atoms with E-state index in [0.717, 1.165) is 6.42 Å². The van der Waals surface area contributed by atoms with Crippen molar-refractivity contribution in [1.82, 2.24) is 15.1 Å². The predicted molar refractivity (Wildman–Crippen MR) is 60.1 cm³/mol. The van der Waals surface area contributed by atoms with Crippen LogP contribution in [0.25, 0.3) is 0 Å². The Morgan fingerprint density at radius 2 is 2.33 bits per heavy atom. The Bertz CT molecular complexity index is 346. The number of carbonyl (C=O) groups is 1. The van der Waals surface area contributed by atoms with Crippen LogP contribution in [0.4, 0.5) is 0 Å². The van der Waals surface area contributed by atoms with E-state index in [1.807, 2.05) is 13.8 Å². The van der Waals surface area contributed by atoms with Crippen molar-refractivity contribution in [3.05, 3.63) is 18.0 Å². The van der Waals surface area contributed by atoms with Crippen LogP contribution < -0.4 is 5.32 Å². The van der Waals surface area contributed by atoms with Gasteiger partial charge in [0.1, 0.15) is 5.69 Å². The monoisotopic (exact) mass is 229 g/mol. The zero-order valence-corrected chi connectivity index (χ0v) is 10.0. The summed E-state index contributed by atoms with van der Waals surface area (Å²) in [7, 11) is 1.78. The molecular formula is C10H16ClN3O. The molecule has 1 aromatic rings. The summed E-state index contributed by atoms with van der Waals surface area (Å²) in [5, 5.41) is 6.91. The third kappa shape index (κ3) is 3.55. The number of nitrogens with zero attached hydrogens (tertiary/aromatic N) is 2. The van der Waals surface area contributed by atoms with Crippen molar-refractivity contribution in [1.29, 1.82) is 0 Å². The molecule has 0 saturated carbocycles. The van der Waals surface area contributed by atoms with Crippen LogP contribution in [0.3, 0.4) is 0 Å². The van der Waals surface area contributed by atoms with Crippen molar-refractivity contribution < 1.29 is 4.79 Å². The molecule has 1 N–H and O–H groups in total. The molecule has 0 unspecified atom stereocenters. The van der Waals surface area contributed by atoms with Gasteiger partial charge in [0.2, 0.25) is 0 Å². The Morgan fingerprint density at radius 1 is 1.67 bits per heavy atom. The van der Waals surface area contributed by atoms with E-state index >= 15 is 0 Å². The zero-order valence-electron chi connectivity index (χ0n) is 9.25. The Labute approximate surface area is 94.6 Å². The van der Waals surface area contributed by atoms with Gasteiger partial charge in [0, 0.05) is 24.7 Å². The summed E-state index contributed by atoms with van der Waals surface area (Å²) in [4.78, 5) is 11.7. The van der Waals surface area contributed by atoms with Gasteiger partial charge >= 0.3 is 0 Å².